The van der Waals surface area contributed by atoms with Crippen molar-refractivity contribution >= 4 is 41.0 Å². The van der Waals surface area contributed by atoms with E-state index in [9.17, 15) is 14.4 Å². The number of amides is 2. The normalized spacial score (nSPS) is 13.1. The minimum Gasteiger partial charge on any atom is -0.330 e. The van der Waals surface area contributed by atoms with Crippen molar-refractivity contribution in [2.45, 2.75) is 25.7 Å². The van der Waals surface area contributed by atoms with Crippen LogP contribution in [0.25, 0.3) is 0 Å². The van der Waals surface area contributed by atoms with Crippen LogP contribution in [0.5, 0.6) is 0 Å². The van der Waals surface area contributed by atoms with Gasteiger partial charge in [-0.05, 0) is 49.1 Å². The molecule has 2 aromatic carbocycles. The Labute approximate surface area is 160 Å². The largest absolute Gasteiger partial charge is 0.333 e. The third-order valence-electron chi connectivity index (χ3n) is 4.03. The standard InChI is InChI=1S/C19H15Cl2NO4/c20-15-10-9-12(11-16(15)21)5-1-4-8-17(23)26-22-18(24)13-6-2-3-7-14(13)19(22)25/h2-3,6-7,9-11H,1,4-5,8H2. The number of benzene rings is 2. The quantitative estimate of drug-likeness (QED) is 0.538. The maximum absolute atomic E-state index is 12.1. The molecule has 2 aromatic rings. The van der Waals surface area contributed by atoms with Gasteiger partial charge >= 0.3 is 5.97 Å². The van der Waals surface area contributed by atoms with E-state index in [1.807, 2.05) is 6.07 Å². The van der Waals surface area contributed by atoms with Crippen molar-refractivity contribution in [1.29, 1.82) is 0 Å². The molecule has 0 N–H and O–H groups in total. The fourth-order valence-corrected chi connectivity index (χ4v) is 3.01. The molecule has 0 saturated carbocycles. The first-order valence-corrected chi connectivity index (χ1v) is 8.85. The second kappa shape index (κ2) is 7.89. The lowest BCUT2D eigenvalue weighted by molar-refractivity contribution is -0.168. The van der Waals surface area contributed by atoms with Crippen molar-refractivity contribution in [1.82, 2.24) is 5.06 Å². The Hall–Kier alpha value is -2.37. The Kier molecular flexibility index (Phi) is 5.59. The number of unbranched alkanes of at least 4 members (excludes halogenated alkanes) is 1. The number of halogens is 2. The van der Waals surface area contributed by atoms with Gasteiger partial charge in [-0.25, -0.2) is 4.79 Å². The van der Waals surface area contributed by atoms with Crippen LogP contribution in [-0.4, -0.2) is 22.8 Å². The summed E-state index contributed by atoms with van der Waals surface area (Å²) < 4.78 is 0. The lowest BCUT2D eigenvalue weighted by Crippen LogP contribution is -2.32. The summed E-state index contributed by atoms with van der Waals surface area (Å²) in [6.45, 7) is 0. The molecule has 0 saturated heterocycles. The van der Waals surface area contributed by atoms with E-state index in [1.54, 1.807) is 24.3 Å². The number of hydrogen-bond donors (Lipinski definition) is 0. The van der Waals surface area contributed by atoms with E-state index in [2.05, 4.69) is 0 Å². The van der Waals surface area contributed by atoms with Crippen molar-refractivity contribution in [2.24, 2.45) is 0 Å². The first kappa shape index (κ1) is 18.4. The molecule has 1 aliphatic rings. The van der Waals surface area contributed by atoms with Crippen LogP contribution in [0.1, 0.15) is 45.5 Å². The number of fused-ring (bicyclic) bond motifs is 1. The van der Waals surface area contributed by atoms with Gasteiger partial charge in [0.2, 0.25) is 0 Å². The number of imide groups is 1. The van der Waals surface area contributed by atoms with Crippen LogP contribution in [0.3, 0.4) is 0 Å². The number of rotatable bonds is 6. The first-order chi connectivity index (χ1) is 12.5. The van der Waals surface area contributed by atoms with Crippen LogP contribution in [0.15, 0.2) is 42.5 Å². The van der Waals surface area contributed by atoms with Gasteiger partial charge in [-0.2, -0.15) is 0 Å². The van der Waals surface area contributed by atoms with E-state index >= 15 is 0 Å². The SMILES string of the molecule is O=C(CCCCc1ccc(Cl)c(Cl)c1)ON1C(=O)c2ccccc2C1=O. The Bertz CT molecular complexity index is 847. The molecule has 1 aliphatic heterocycles. The minimum atomic E-state index is -0.617. The summed E-state index contributed by atoms with van der Waals surface area (Å²) in [5.74, 6) is -1.85. The number of nitrogens with zero attached hydrogens (tertiary/aromatic N) is 1. The molecule has 0 fully saturated rings. The van der Waals surface area contributed by atoms with E-state index in [0.29, 0.717) is 21.5 Å². The summed E-state index contributed by atoms with van der Waals surface area (Å²) in [4.78, 5) is 41.1. The van der Waals surface area contributed by atoms with Crippen molar-refractivity contribution in [2.75, 3.05) is 0 Å². The zero-order valence-corrected chi connectivity index (χ0v) is 15.2. The zero-order chi connectivity index (χ0) is 18.7. The molecule has 0 aromatic heterocycles. The fourth-order valence-electron chi connectivity index (χ4n) is 2.69. The second-order valence-corrected chi connectivity index (χ2v) is 6.68. The van der Waals surface area contributed by atoms with E-state index in [-0.39, 0.29) is 17.5 Å². The van der Waals surface area contributed by atoms with Gasteiger partial charge in [-0.3, -0.25) is 9.59 Å². The summed E-state index contributed by atoms with van der Waals surface area (Å²) in [7, 11) is 0. The van der Waals surface area contributed by atoms with Gasteiger partial charge in [0.25, 0.3) is 11.8 Å². The third-order valence-corrected chi connectivity index (χ3v) is 4.77. The Morgan fingerprint density at radius 3 is 2.19 bits per heavy atom. The molecule has 3 rings (SSSR count). The summed E-state index contributed by atoms with van der Waals surface area (Å²) in [5, 5.41) is 1.53. The summed E-state index contributed by atoms with van der Waals surface area (Å²) in [6.07, 6.45) is 2.13. The first-order valence-electron chi connectivity index (χ1n) is 8.10. The molecule has 7 heteroatoms. The van der Waals surface area contributed by atoms with Gasteiger partial charge in [0.15, 0.2) is 0 Å². The average Bonchev–Trinajstić information content (AvgIpc) is 2.87. The van der Waals surface area contributed by atoms with E-state index in [0.717, 1.165) is 18.4 Å². The smallest absolute Gasteiger partial charge is 0.330 e. The van der Waals surface area contributed by atoms with Crippen molar-refractivity contribution in [3.63, 3.8) is 0 Å². The highest BCUT2D eigenvalue weighted by Gasteiger charge is 2.38. The number of carbonyl (C=O) groups is 3. The van der Waals surface area contributed by atoms with E-state index < -0.39 is 17.8 Å². The van der Waals surface area contributed by atoms with Crippen LogP contribution in [0.4, 0.5) is 0 Å². The number of hydroxylamine groups is 2. The highest BCUT2D eigenvalue weighted by molar-refractivity contribution is 6.42. The van der Waals surface area contributed by atoms with E-state index in [4.69, 9.17) is 28.0 Å². The lowest BCUT2D eigenvalue weighted by atomic mass is 10.1. The van der Waals surface area contributed by atoms with Gasteiger partial charge in [0.05, 0.1) is 21.2 Å². The molecule has 0 spiro atoms. The predicted molar refractivity (Wildman–Crippen MR) is 97.1 cm³/mol. The average molecular weight is 392 g/mol. The van der Waals surface area contributed by atoms with Crippen LogP contribution in [0.2, 0.25) is 10.0 Å². The van der Waals surface area contributed by atoms with E-state index in [1.165, 1.54) is 12.1 Å². The molecule has 0 radical (unpaired) electrons. The maximum atomic E-state index is 12.1. The molecule has 0 unspecified atom stereocenters. The van der Waals surface area contributed by atoms with Crippen LogP contribution >= 0.6 is 23.2 Å². The van der Waals surface area contributed by atoms with Gasteiger partial charge in [-0.15, -0.1) is 0 Å². The molecular formula is C19H15Cl2NO4. The zero-order valence-electron chi connectivity index (χ0n) is 13.7. The van der Waals surface area contributed by atoms with Crippen molar-refractivity contribution in [3.8, 4) is 0 Å². The van der Waals surface area contributed by atoms with Gasteiger partial charge < -0.3 is 4.84 Å². The Morgan fingerprint density at radius 2 is 1.58 bits per heavy atom. The Morgan fingerprint density at radius 1 is 0.923 bits per heavy atom. The van der Waals surface area contributed by atoms with Crippen molar-refractivity contribution in [3.05, 3.63) is 69.2 Å². The number of hydrogen-bond acceptors (Lipinski definition) is 4. The second-order valence-electron chi connectivity index (χ2n) is 5.87. The van der Waals surface area contributed by atoms with Crippen molar-refractivity contribution < 1.29 is 19.2 Å². The highest BCUT2D eigenvalue weighted by atomic mass is 35.5. The predicted octanol–water partition coefficient (Wildman–Crippen LogP) is 4.46. The third kappa shape index (κ3) is 3.89. The molecule has 134 valence electrons. The molecule has 2 amide bonds. The molecule has 1 heterocycles. The monoisotopic (exact) mass is 391 g/mol. The summed E-state index contributed by atoms with van der Waals surface area (Å²) >= 11 is 11.8. The molecular weight excluding hydrogens is 377 g/mol. The van der Waals surface area contributed by atoms with Crippen LogP contribution < -0.4 is 0 Å². The summed E-state index contributed by atoms with van der Waals surface area (Å²) in [5.41, 5.74) is 1.50. The Balaban J connectivity index is 1.47. The number of aryl methyl sites for hydroxylation is 1. The van der Waals surface area contributed by atoms with Gasteiger partial charge in [-0.1, -0.05) is 46.5 Å². The van der Waals surface area contributed by atoms with Crippen LogP contribution in [0, 0.1) is 0 Å². The molecule has 0 atom stereocenters. The summed E-state index contributed by atoms with van der Waals surface area (Å²) in [6, 6.07) is 11.8. The molecule has 0 bridgehead atoms. The van der Waals surface area contributed by atoms with Gasteiger partial charge in [0.1, 0.15) is 0 Å². The van der Waals surface area contributed by atoms with Gasteiger partial charge in [0, 0.05) is 6.42 Å². The molecule has 0 aliphatic carbocycles. The topological polar surface area (TPSA) is 63.7 Å². The minimum absolute atomic E-state index is 0.106. The maximum Gasteiger partial charge on any atom is 0.333 e. The van der Waals surface area contributed by atoms with Crippen LogP contribution in [-0.2, 0) is 16.1 Å². The highest BCUT2D eigenvalue weighted by Crippen LogP contribution is 2.24. The molecule has 26 heavy (non-hydrogen) atoms. The lowest BCUT2D eigenvalue weighted by Gasteiger charge is -2.12. The molecule has 5 nitrogen and oxygen atoms in total. The number of carbonyl (C=O) groups excluding carboxylic acids is 3. The fraction of sp³-hybridized carbons (Fsp3) is 0.211.